The van der Waals surface area contributed by atoms with Crippen LogP contribution in [0, 0.1) is 27.7 Å². The van der Waals surface area contributed by atoms with Crippen molar-refractivity contribution in [3.8, 4) is 0 Å². The van der Waals surface area contributed by atoms with Gasteiger partial charge >= 0.3 is 0 Å². The molecule has 0 saturated carbocycles. The van der Waals surface area contributed by atoms with Crippen LogP contribution in [-0.2, 0) is 0 Å². The average molecular weight is 1220 g/mol. The maximum atomic E-state index is 4.84. The van der Waals surface area contributed by atoms with Gasteiger partial charge in [0.25, 0.3) is 0 Å². The van der Waals surface area contributed by atoms with Crippen molar-refractivity contribution in [1.29, 1.82) is 0 Å². The molecule has 8 aromatic carbocycles. The van der Waals surface area contributed by atoms with E-state index in [1.165, 1.54) is 43.8 Å². The number of para-hydroxylation sites is 1. The molecule has 0 saturated heterocycles. The second-order valence-corrected chi connectivity index (χ2v) is 19.5. The van der Waals surface area contributed by atoms with Crippen molar-refractivity contribution >= 4 is 131 Å². The lowest BCUT2D eigenvalue weighted by Gasteiger charge is -2.06. The topological polar surface area (TPSA) is 103 Å². The molecule has 0 radical (unpaired) electrons. The minimum Gasteiger partial charge on any atom is -0.254 e. The summed E-state index contributed by atoms with van der Waals surface area (Å²) in [6.45, 7) is 40.4. The largest absolute Gasteiger partial charge is 0.254 e. The van der Waals surface area contributed by atoms with Gasteiger partial charge in [-0.15, -0.1) is 0 Å². The fourth-order valence-corrected chi connectivity index (χ4v) is 10.3. The Balaban J connectivity index is 0.000000207. The first-order valence-corrected chi connectivity index (χ1v) is 33.5. The Labute approximate surface area is 547 Å². The molecular formula is C84H96N8. The zero-order valence-electron chi connectivity index (χ0n) is 58.4. The highest BCUT2D eigenvalue weighted by Crippen LogP contribution is 2.31. The molecule has 0 N–H and O–H groups in total. The number of hydrogen-bond acceptors (Lipinski definition) is 8. The maximum absolute atomic E-state index is 4.84. The van der Waals surface area contributed by atoms with Gasteiger partial charge in [-0.1, -0.05) is 238 Å². The lowest BCUT2D eigenvalue weighted by Crippen LogP contribution is -1.88. The monoisotopic (exact) mass is 1220 g/mol. The van der Waals surface area contributed by atoms with E-state index < -0.39 is 0 Å². The molecule has 8 heteroatoms. The molecule has 0 aliphatic rings. The number of fused-ring (bicyclic) bond motifs is 16. The molecule has 0 unspecified atom stereocenters. The highest BCUT2D eigenvalue weighted by Gasteiger charge is 2.10. The summed E-state index contributed by atoms with van der Waals surface area (Å²) in [4.78, 5) is 37.1. The van der Waals surface area contributed by atoms with Crippen LogP contribution in [0.25, 0.3) is 131 Å². The molecule has 16 aromatic rings. The SMILES string of the molecule is CC.CC.CC.CC.CC.CC.CC.CC.Cc1ccc2cc3ccc4cccnc4c3nc2c1.Cc1ccc2nc3c(ccc4cccnc43)cc2c1.Cc1cccc2cc3ccc4cccnc4c3nc12.Cc1cccc2nc3c(ccc4cccnc43)cc12. The van der Waals surface area contributed by atoms with Gasteiger partial charge in [0.05, 0.1) is 66.2 Å². The van der Waals surface area contributed by atoms with Crippen molar-refractivity contribution in [3.63, 3.8) is 0 Å². The van der Waals surface area contributed by atoms with Crippen LogP contribution in [-0.4, -0.2) is 39.9 Å². The van der Waals surface area contributed by atoms with Crippen LogP contribution in [0.5, 0.6) is 0 Å². The Bertz CT molecular complexity index is 4890. The summed E-state index contributed by atoms with van der Waals surface area (Å²) in [5, 5.41) is 13.9. The quantitative estimate of drug-likeness (QED) is 0.109. The summed E-state index contributed by atoms with van der Waals surface area (Å²) in [5.41, 5.74) is 16.9. The van der Waals surface area contributed by atoms with Crippen LogP contribution in [0.1, 0.15) is 133 Å². The molecule has 0 aliphatic carbocycles. The molecule has 8 heterocycles. The second kappa shape index (κ2) is 37.3. The van der Waals surface area contributed by atoms with Gasteiger partial charge in [-0.2, -0.15) is 0 Å². The van der Waals surface area contributed by atoms with E-state index in [-0.39, 0.29) is 0 Å². The minimum atomic E-state index is 0.975. The van der Waals surface area contributed by atoms with Gasteiger partial charge in [0.15, 0.2) is 0 Å². The molecule has 0 spiro atoms. The van der Waals surface area contributed by atoms with Gasteiger partial charge < -0.3 is 0 Å². The summed E-state index contributed by atoms with van der Waals surface area (Å²) in [7, 11) is 0. The summed E-state index contributed by atoms with van der Waals surface area (Å²) in [5.74, 6) is 0. The minimum absolute atomic E-state index is 0.975. The molecule has 8 aromatic heterocycles. The summed E-state index contributed by atoms with van der Waals surface area (Å²) >= 11 is 0. The molecule has 0 atom stereocenters. The molecule has 472 valence electrons. The molecule has 92 heavy (non-hydrogen) atoms. The molecule has 16 rings (SSSR count). The van der Waals surface area contributed by atoms with Crippen LogP contribution >= 0.6 is 0 Å². The highest BCUT2D eigenvalue weighted by molar-refractivity contribution is 6.10. The molecule has 0 bridgehead atoms. The third kappa shape index (κ3) is 16.9. The van der Waals surface area contributed by atoms with Gasteiger partial charge in [0.2, 0.25) is 0 Å². The lowest BCUT2D eigenvalue weighted by molar-refractivity contribution is 1.39. The standard InChI is InChI=1S/4C17H12N2.8C2H6/c1-11-4-2-6-15-14(11)10-13-8-7-12-5-3-9-18-16(12)17(13)19-15;1-11-4-2-5-13-10-14-8-7-12-6-3-9-18-16(12)17(14)19-15(11)13;1-11-4-7-15-14(9-11)10-13-6-5-12-3-2-8-18-16(12)17(13)19-15;1-11-4-5-13-10-14-7-6-12-3-2-8-18-16(12)17(14)19-15(13)9-11;8*1-2/h4*2-10H,1H3;8*1-2H3. The molecule has 0 fully saturated rings. The maximum Gasteiger partial charge on any atom is 0.0972 e. The third-order valence-corrected chi connectivity index (χ3v) is 14.2. The Morgan fingerprint density at radius 1 is 0.196 bits per heavy atom. The fraction of sp³-hybridized carbons (Fsp3) is 0.238. The number of pyridine rings is 8. The number of benzene rings is 8. The first kappa shape index (κ1) is 72.8. The average Bonchev–Trinajstić information content (AvgIpc) is 0.837. The number of aryl methyl sites for hydroxylation is 4. The zero-order chi connectivity index (χ0) is 67.3. The zero-order valence-corrected chi connectivity index (χ0v) is 58.4. The summed E-state index contributed by atoms with van der Waals surface area (Å²) < 4.78 is 0. The lowest BCUT2D eigenvalue weighted by atomic mass is 10.1. The summed E-state index contributed by atoms with van der Waals surface area (Å²) in [6, 6.07) is 67.0. The number of nitrogens with zero attached hydrogens (tertiary/aromatic N) is 8. The van der Waals surface area contributed by atoms with E-state index >= 15 is 0 Å². The normalized spacial score (nSPS) is 9.96. The first-order chi connectivity index (χ1) is 45.3. The van der Waals surface area contributed by atoms with Gasteiger partial charge in [0.1, 0.15) is 0 Å². The second-order valence-electron chi connectivity index (χ2n) is 19.5. The Morgan fingerprint density at radius 3 is 1.00 bits per heavy atom. The van der Waals surface area contributed by atoms with E-state index in [4.69, 9.17) is 19.9 Å². The highest BCUT2D eigenvalue weighted by atomic mass is 14.8. The van der Waals surface area contributed by atoms with Crippen molar-refractivity contribution in [2.75, 3.05) is 0 Å². The van der Waals surface area contributed by atoms with Crippen molar-refractivity contribution in [1.82, 2.24) is 39.9 Å². The van der Waals surface area contributed by atoms with E-state index in [2.05, 4.69) is 217 Å². The van der Waals surface area contributed by atoms with Crippen LogP contribution in [0.3, 0.4) is 0 Å². The molecule has 0 amide bonds. The van der Waals surface area contributed by atoms with Crippen molar-refractivity contribution < 1.29 is 0 Å². The Hall–Kier alpha value is -9.92. The van der Waals surface area contributed by atoms with Gasteiger partial charge in [-0.05, 0) is 117 Å². The number of hydrogen-bond donors (Lipinski definition) is 0. The van der Waals surface area contributed by atoms with E-state index in [0.29, 0.717) is 0 Å². The number of aromatic nitrogens is 8. The van der Waals surface area contributed by atoms with Gasteiger partial charge in [-0.25, -0.2) is 19.9 Å². The van der Waals surface area contributed by atoms with E-state index in [1.54, 1.807) is 0 Å². The van der Waals surface area contributed by atoms with Crippen LogP contribution < -0.4 is 0 Å². The number of rotatable bonds is 0. The predicted molar refractivity (Wildman–Crippen MR) is 408 cm³/mol. The summed E-state index contributed by atoms with van der Waals surface area (Å²) in [6.07, 6.45) is 7.29. The smallest absolute Gasteiger partial charge is 0.0972 e. The molecule has 8 nitrogen and oxygen atoms in total. The first-order valence-electron chi connectivity index (χ1n) is 33.5. The van der Waals surface area contributed by atoms with Crippen LogP contribution in [0.15, 0.2) is 219 Å². The van der Waals surface area contributed by atoms with Crippen LogP contribution in [0.4, 0.5) is 0 Å². The van der Waals surface area contributed by atoms with E-state index in [9.17, 15) is 0 Å². The third-order valence-electron chi connectivity index (χ3n) is 14.2. The molecular weight excluding hydrogens is 1120 g/mol. The van der Waals surface area contributed by atoms with Crippen molar-refractivity contribution in [2.24, 2.45) is 0 Å². The van der Waals surface area contributed by atoms with Crippen LogP contribution in [0.2, 0.25) is 0 Å². The van der Waals surface area contributed by atoms with Gasteiger partial charge in [-0.3, -0.25) is 19.9 Å². The van der Waals surface area contributed by atoms with E-state index in [0.717, 1.165) is 109 Å². The van der Waals surface area contributed by atoms with Crippen molar-refractivity contribution in [2.45, 2.75) is 138 Å². The fourth-order valence-electron chi connectivity index (χ4n) is 10.3. The Kier molecular flexibility index (Phi) is 29.5. The molecule has 0 aliphatic heterocycles. The Morgan fingerprint density at radius 2 is 0.522 bits per heavy atom. The predicted octanol–water partition coefficient (Wildman–Crippen LogP) is 25.2. The van der Waals surface area contributed by atoms with Crippen molar-refractivity contribution in [3.05, 3.63) is 241 Å². The van der Waals surface area contributed by atoms with Gasteiger partial charge in [0, 0.05) is 89.4 Å². The van der Waals surface area contributed by atoms with E-state index in [1.807, 2.05) is 160 Å².